The topological polar surface area (TPSA) is 44.5 Å². The average molecular weight is 175 g/mol. The van der Waals surface area contributed by atoms with Crippen LogP contribution < -0.4 is 5.73 Å². The van der Waals surface area contributed by atoms with Gasteiger partial charge in [-0.3, -0.25) is 0 Å². The molecule has 0 aromatic rings. The Bertz CT molecular complexity index is 105. The van der Waals surface area contributed by atoms with Crippen molar-refractivity contribution in [2.24, 2.45) is 5.73 Å². The molecule has 3 heteroatoms. The second-order valence-electron chi connectivity index (χ2n) is 3.35. The van der Waals surface area contributed by atoms with Crippen LogP contribution in [0.3, 0.4) is 0 Å². The zero-order valence-corrected chi connectivity index (χ0v) is 8.54. The lowest BCUT2D eigenvalue weighted by molar-refractivity contribution is -0.0124. The molecule has 74 valence electrons. The van der Waals surface area contributed by atoms with E-state index in [1.54, 1.807) is 0 Å². The van der Waals surface area contributed by atoms with Gasteiger partial charge in [-0.25, -0.2) is 0 Å². The SMILES string of the molecule is CC(C)OCCOC(C)[C@@H](C)N. The van der Waals surface area contributed by atoms with E-state index in [2.05, 4.69) is 0 Å². The second kappa shape index (κ2) is 6.40. The Morgan fingerprint density at radius 3 is 1.92 bits per heavy atom. The summed E-state index contributed by atoms with van der Waals surface area (Å²) in [6, 6.07) is 0.0871. The summed E-state index contributed by atoms with van der Waals surface area (Å²) in [6.45, 7) is 9.20. The molecular formula is C9H21NO2. The van der Waals surface area contributed by atoms with Crippen molar-refractivity contribution >= 4 is 0 Å². The van der Waals surface area contributed by atoms with Crippen molar-refractivity contribution in [2.75, 3.05) is 13.2 Å². The quantitative estimate of drug-likeness (QED) is 0.616. The van der Waals surface area contributed by atoms with Crippen LogP contribution >= 0.6 is 0 Å². The molecule has 0 aromatic carbocycles. The molecule has 0 fully saturated rings. The monoisotopic (exact) mass is 175 g/mol. The van der Waals surface area contributed by atoms with E-state index < -0.39 is 0 Å². The summed E-state index contributed by atoms with van der Waals surface area (Å²) < 4.78 is 10.7. The number of nitrogens with two attached hydrogens (primary N) is 1. The number of hydrogen-bond donors (Lipinski definition) is 1. The fourth-order valence-corrected chi connectivity index (χ4v) is 0.670. The third kappa shape index (κ3) is 6.58. The lowest BCUT2D eigenvalue weighted by Gasteiger charge is -2.16. The van der Waals surface area contributed by atoms with E-state index in [1.807, 2.05) is 27.7 Å². The standard InChI is InChI=1S/C9H21NO2/c1-7(2)11-5-6-12-9(4)8(3)10/h7-9H,5-6,10H2,1-4H3/t8-,9?/m1/s1. The largest absolute Gasteiger partial charge is 0.376 e. The predicted octanol–water partition coefficient (Wildman–Crippen LogP) is 1.16. The van der Waals surface area contributed by atoms with Gasteiger partial charge >= 0.3 is 0 Å². The van der Waals surface area contributed by atoms with Gasteiger partial charge in [0.05, 0.1) is 25.4 Å². The third-order valence-corrected chi connectivity index (χ3v) is 1.66. The molecule has 0 saturated carbocycles. The molecule has 0 aliphatic heterocycles. The Hall–Kier alpha value is -0.120. The summed E-state index contributed by atoms with van der Waals surface area (Å²) in [5.41, 5.74) is 5.61. The van der Waals surface area contributed by atoms with E-state index >= 15 is 0 Å². The van der Waals surface area contributed by atoms with Gasteiger partial charge in [-0.15, -0.1) is 0 Å². The summed E-state index contributed by atoms with van der Waals surface area (Å²) in [5.74, 6) is 0. The fourth-order valence-electron chi connectivity index (χ4n) is 0.670. The zero-order valence-electron chi connectivity index (χ0n) is 8.54. The van der Waals surface area contributed by atoms with Crippen LogP contribution in [0.5, 0.6) is 0 Å². The first-order valence-corrected chi connectivity index (χ1v) is 4.52. The molecule has 0 aromatic heterocycles. The van der Waals surface area contributed by atoms with Crippen LogP contribution in [0.4, 0.5) is 0 Å². The molecule has 0 saturated heterocycles. The summed E-state index contributed by atoms with van der Waals surface area (Å²) in [5, 5.41) is 0. The first-order valence-electron chi connectivity index (χ1n) is 4.52. The number of ether oxygens (including phenoxy) is 2. The van der Waals surface area contributed by atoms with Crippen LogP contribution in [-0.2, 0) is 9.47 Å². The van der Waals surface area contributed by atoms with Crippen LogP contribution in [0.2, 0.25) is 0 Å². The molecule has 0 radical (unpaired) electrons. The van der Waals surface area contributed by atoms with E-state index in [0.717, 1.165) is 0 Å². The first kappa shape index (κ1) is 11.9. The van der Waals surface area contributed by atoms with Crippen molar-refractivity contribution in [3.05, 3.63) is 0 Å². The van der Waals surface area contributed by atoms with Gasteiger partial charge in [0.25, 0.3) is 0 Å². The lowest BCUT2D eigenvalue weighted by atomic mass is 10.2. The Labute approximate surface area is 75.2 Å². The maximum atomic E-state index is 5.61. The maximum Gasteiger partial charge on any atom is 0.0705 e. The summed E-state index contributed by atoms with van der Waals surface area (Å²) in [7, 11) is 0. The van der Waals surface area contributed by atoms with Crippen molar-refractivity contribution in [3.63, 3.8) is 0 Å². The summed E-state index contributed by atoms with van der Waals surface area (Å²) >= 11 is 0. The van der Waals surface area contributed by atoms with Crippen LogP contribution in [0.15, 0.2) is 0 Å². The van der Waals surface area contributed by atoms with Gasteiger partial charge in [0.2, 0.25) is 0 Å². The van der Waals surface area contributed by atoms with Gasteiger partial charge in [0.15, 0.2) is 0 Å². The Morgan fingerprint density at radius 1 is 1.00 bits per heavy atom. The zero-order chi connectivity index (χ0) is 9.56. The fraction of sp³-hybridized carbons (Fsp3) is 1.00. The minimum atomic E-state index is 0.0871. The molecular weight excluding hydrogens is 154 g/mol. The van der Waals surface area contributed by atoms with Crippen LogP contribution in [0, 0.1) is 0 Å². The van der Waals surface area contributed by atoms with E-state index in [4.69, 9.17) is 15.2 Å². The van der Waals surface area contributed by atoms with Crippen molar-refractivity contribution in [1.82, 2.24) is 0 Å². The average Bonchev–Trinajstić information content (AvgIpc) is 1.97. The van der Waals surface area contributed by atoms with Crippen molar-refractivity contribution in [2.45, 2.75) is 45.9 Å². The molecule has 0 bridgehead atoms. The smallest absolute Gasteiger partial charge is 0.0705 e. The molecule has 0 amide bonds. The molecule has 3 nitrogen and oxygen atoms in total. The highest BCUT2D eigenvalue weighted by atomic mass is 16.5. The second-order valence-corrected chi connectivity index (χ2v) is 3.35. The van der Waals surface area contributed by atoms with E-state index in [-0.39, 0.29) is 18.2 Å². The van der Waals surface area contributed by atoms with Crippen LogP contribution in [0.1, 0.15) is 27.7 Å². The highest BCUT2D eigenvalue weighted by Gasteiger charge is 2.06. The minimum absolute atomic E-state index is 0.0871. The van der Waals surface area contributed by atoms with Gasteiger partial charge in [-0.2, -0.15) is 0 Å². The highest BCUT2D eigenvalue weighted by molar-refractivity contribution is 4.61. The van der Waals surface area contributed by atoms with Crippen molar-refractivity contribution < 1.29 is 9.47 Å². The molecule has 12 heavy (non-hydrogen) atoms. The first-order chi connectivity index (χ1) is 5.54. The molecule has 0 aliphatic carbocycles. The third-order valence-electron chi connectivity index (χ3n) is 1.66. The van der Waals surface area contributed by atoms with Gasteiger partial charge in [-0.1, -0.05) is 0 Å². The molecule has 0 spiro atoms. The number of hydrogen-bond acceptors (Lipinski definition) is 3. The predicted molar refractivity (Wildman–Crippen MR) is 50.2 cm³/mol. The molecule has 1 unspecified atom stereocenters. The molecule has 0 aliphatic rings. The molecule has 0 heterocycles. The summed E-state index contributed by atoms with van der Waals surface area (Å²) in [4.78, 5) is 0. The lowest BCUT2D eigenvalue weighted by Crippen LogP contribution is -2.32. The van der Waals surface area contributed by atoms with E-state index in [1.165, 1.54) is 0 Å². The van der Waals surface area contributed by atoms with E-state index in [0.29, 0.717) is 13.2 Å². The van der Waals surface area contributed by atoms with Crippen LogP contribution in [0.25, 0.3) is 0 Å². The van der Waals surface area contributed by atoms with Gasteiger partial charge in [0.1, 0.15) is 0 Å². The Balaban J connectivity index is 3.20. The maximum absolute atomic E-state index is 5.61. The van der Waals surface area contributed by atoms with Gasteiger partial charge in [0, 0.05) is 6.04 Å². The Morgan fingerprint density at radius 2 is 1.50 bits per heavy atom. The van der Waals surface area contributed by atoms with Gasteiger partial charge in [-0.05, 0) is 27.7 Å². The number of rotatable bonds is 6. The van der Waals surface area contributed by atoms with Crippen molar-refractivity contribution in [3.8, 4) is 0 Å². The van der Waals surface area contributed by atoms with Gasteiger partial charge < -0.3 is 15.2 Å². The van der Waals surface area contributed by atoms with Crippen molar-refractivity contribution in [1.29, 1.82) is 0 Å². The van der Waals surface area contributed by atoms with E-state index in [9.17, 15) is 0 Å². The molecule has 0 rings (SSSR count). The molecule has 2 atom stereocenters. The normalized spacial score (nSPS) is 16.5. The minimum Gasteiger partial charge on any atom is -0.376 e. The van der Waals surface area contributed by atoms with Crippen LogP contribution in [-0.4, -0.2) is 31.5 Å². The molecule has 2 N–H and O–H groups in total. The highest BCUT2D eigenvalue weighted by Crippen LogP contribution is 1.95. The summed E-state index contributed by atoms with van der Waals surface area (Å²) in [6.07, 6.45) is 0.389. The Kier molecular flexibility index (Phi) is 6.34.